The van der Waals surface area contributed by atoms with Crippen molar-refractivity contribution >= 4 is 18.3 Å². The summed E-state index contributed by atoms with van der Waals surface area (Å²) < 4.78 is 5.23. The number of ether oxygens (including phenoxy) is 1. The number of carbonyl (C=O) groups is 1. The van der Waals surface area contributed by atoms with Crippen molar-refractivity contribution < 1.29 is 14.4 Å². The van der Waals surface area contributed by atoms with Gasteiger partial charge in [-0.2, -0.15) is 0 Å². The quantitative estimate of drug-likeness (QED) is 0.366. The van der Waals surface area contributed by atoms with Gasteiger partial charge in [0.25, 0.3) is 0 Å². The number of aryl methyl sites for hydroxylation is 1. The van der Waals surface area contributed by atoms with Crippen LogP contribution in [0.25, 0.3) is 6.08 Å². The number of rotatable bonds is 4. The molecular formula is C16H21NO3. The summed E-state index contributed by atoms with van der Waals surface area (Å²) >= 11 is 0. The molecule has 0 aromatic heterocycles. The molecule has 1 aromatic carbocycles. The molecule has 1 rings (SSSR count). The van der Waals surface area contributed by atoms with E-state index in [-0.39, 0.29) is 5.97 Å². The largest absolute Gasteiger partial charge is 0.457 e. The Morgan fingerprint density at radius 2 is 1.95 bits per heavy atom. The van der Waals surface area contributed by atoms with Crippen LogP contribution in [-0.4, -0.2) is 24.9 Å². The fraction of sp³-hybridized carbons (Fsp3) is 0.375. The lowest BCUT2D eigenvalue weighted by molar-refractivity contribution is -0.148. The number of carbonyl (C=O) groups excluding carboxylic acids is 1. The van der Waals surface area contributed by atoms with Crippen LogP contribution in [0.1, 0.15) is 37.5 Å². The third kappa shape index (κ3) is 5.69. The van der Waals surface area contributed by atoms with Gasteiger partial charge in [0.2, 0.25) is 0 Å². The van der Waals surface area contributed by atoms with Gasteiger partial charge in [0.05, 0.1) is 6.21 Å². The molecule has 108 valence electrons. The maximum atomic E-state index is 11.7. The van der Waals surface area contributed by atoms with Crippen molar-refractivity contribution in [3.8, 4) is 0 Å². The normalized spacial score (nSPS) is 12.1. The molecule has 0 saturated carbocycles. The molecule has 0 spiro atoms. The summed E-state index contributed by atoms with van der Waals surface area (Å²) in [4.78, 5) is 16.4. The number of hydrogen-bond donors (Lipinski definition) is 0. The highest BCUT2D eigenvalue weighted by Gasteiger charge is 2.13. The molecular weight excluding hydrogens is 254 g/mol. The van der Waals surface area contributed by atoms with Crippen LogP contribution in [0.2, 0.25) is 0 Å². The average Bonchev–Trinajstić information content (AvgIpc) is 2.33. The Kier molecular flexibility index (Phi) is 5.50. The van der Waals surface area contributed by atoms with Crippen molar-refractivity contribution in [1.82, 2.24) is 0 Å². The molecule has 0 bridgehead atoms. The van der Waals surface area contributed by atoms with Gasteiger partial charge in [-0.3, -0.25) is 0 Å². The van der Waals surface area contributed by atoms with E-state index < -0.39 is 5.60 Å². The topological polar surface area (TPSA) is 47.9 Å². The summed E-state index contributed by atoms with van der Waals surface area (Å²) in [5.74, 6) is -0.367. The predicted molar refractivity (Wildman–Crippen MR) is 80.7 cm³/mol. The second-order valence-corrected chi connectivity index (χ2v) is 5.42. The van der Waals surface area contributed by atoms with Gasteiger partial charge in [-0.15, -0.1) is 0 Å². The van der Waals surface area contributed by atoms with Crippen molar-refractivity contribution in [3.05, 3.63) is 41.0 Å². The fourth-order valence-corrected chi connectivity index (χ4v) is 1.56. The summed E-state index contributed by atoms with van der Waals surface area (Å²) in [6.07, 6.45) is 4.75. The van der Waals surface area contributed by atoms with E-state index in [1.54, 1.807) is 12.3 Å². The van der Waals surface area contributed by atoms with Crippen LogP contribution in [0, 0.1) is 6.92 Å². The van der Waals surface area contributed by atoms with Crippen molar-refractivity contribution in [3.63, 3.8) is 0 Å². The number of oxime groups is 1. The molecule has 4 heteroatoms. The Bertz CT molecular complexity index is 525. The lowest BCUT2D eigenvalue weighted by Gasteiger charge is -2.17. The molecule has 0 aliphatic carbocycles. The highest BCUT2D eigenvalue weighted by atomic mass is 16.6. The molecule has 0 saturated heterocycles. The smallest absolute Gasteiger partial charge is 0.331 e. The maximum Gasteiger partial charge on any atom is 0.331 e. The first-order valence-electron chi connectivity index (χ1n) is 6.40. The highest BCUT2D eigenvalue weighted by molar-refractivity contribution is 5.91. The standard InChI is InChI=1S/C16H21NO3/c1-12-6-7-14(11-17-19-5)13(10-12)8-9-15(18)20-16(2,3)4/h6-11H,1-5H3/b9-8+,17-11+. The van der Waals surface area contributed by atoms with E-state index in [1.807, 2.05) is 45.9 Å². The van der Waals surface area contributed by atoms with E-state index in [0.29, 0.717) is 0 Å². The van der Waals surface area contributed by atoms with Crippen LogP contribution in [-0.2, 0) is 14.4 Å². The third-order valence-electron chi connectivity index (χ3n) is 2.35. The molecule has 0 heterocycles. The van der Waals surface area contributed by atoms with Crippen molar-refractivity contribution in [2.75, 3.05) is 7.11 Å². The zero-order chi connectivity index (χ0) is 15.2. The first-order valence-corrected chi connectivity index (χ1v) is 6.40. The monoisotopic (exact) mass is 275 g/mol. The van der Waals surface area contributed by atoms with E-state index in [0.717, 1.165) is 16.7 Å². The van der Waals surface area contributed by atoms with Gasteiger partial charge in [-0.25, -0.2) is 4.79 Å². The summed E-state index contributed by atoms with van der Waals surface area (Å²) in [5.41, 5.74) is 2.37. The molecule has 0 aliphatic rings. The molecule has 0 N–H and O–H groups in total. The van der Waals surface area contributed by atoms with Gasteiger partial charge >= 0.3 is 5.97 Å². The zero-order valence-electron chi connectivity index (χ0n) is 12.6. The van der Waals surface area contributed by atoms with Gasteiger partial charge in [0.1, 0.15) is 12.7 Å². The van der Waals surface area contributed by atoms with E-state index in [9.17, 15) is 4.79 Å². The van der Waals surface area contributed by atoms with E-state index in [1.165, 1.54) is 13.2 Å². The van der Waals surface area contributed by atoms with Gasteiger partial charge in [0.15, 0.2) is 0 Å². The molecule has 0 atom stereocenters. The average molecular weight is 275 g/mol. The first-order chi connectivity index (χ1) is 9.31. The Morgan fingerprint density at radius 1 is 1.25 bits per heavy atom. The Balaban J connectivity index is 2.93. The summed E-state index contributed by atoms with van der Waals surface area (Å²) in [6.45, 7) is 7.49. The van der Waals surface area contributed by atoms with Crippen LogP contribution in [0.5, 0.6) is 0 Å². The zero-order valence-corrected chi connectivity index (χ0v) is 12.6. The van der Waals surface area contributed by atoms with E-state index in [4.69, 9.17) is 4.74 Å². The van der Waals surface area contributed by atoms with Crippen molar-refractivity contribution in [2.24, 2.45) is 5.16 Å². The number of benzene rings is 1. The summed E-state index contributed by atoms with van der Waals surface area (Å²) in [6, 6.07) is 5.87. The number of esters is 1. The lowest BCUT2D eigenvalue weighted by Crippen LogP contribution is -2.22. The SMILES string of the molecule is CO/N=C/c1ccc(C)cc1/C=C/C(=O)OC(C)(C)C. The van der Waals surface area contributed by atoms with Gasteiger partial charge in [-0.05, 0) is 39.3 Å². The molecule has 1 aromatic rings. The Morgan fingerprint density at radius 3 is 2.55 bits per heavy atom. The molecule has 0 fully saturated rings. The van der Waals surface area contributed by atoms with Crippen LogP contribution in [0.4, 0.5) is 0 Å². The number of nitrogens with zero attached hydrogens (tertiary/aromatic N) is 1. The van der Waals surface area contributed by atoms with Crippen LogP contribution < -0.4 is 0 Å². The Hall–Kier alpha value is -2.10. The van der Waals surface area contributed by atoms with Crippen LogP contribution in [0.15, 0.2) is 29.4 Å². The molecule has 4 nitrogen and oxygen atoms in total. The second kappa shape index (κ2) is 6.89. The summed E-state index contributed by atoms with van der Waals surface area (Å²) in [7, 11) is 1.49. The minimum absolute atomic E-state index is 0.367. The molecule has 0 amide bonds. The molecule has 20 heavy (non-hydrogen) atoms. The molecule has 0 unspecified atom stereocenters. The third-order valence-corrected chi connectivity index (χ3v) is 2.35. The van der Waals surface area contributed by atoms with Gasteiger partial charge < -0.3 is 9.57 Å². The van der Waals surface area contributed by atoms with E-state index >= 15 is 0 Å². The van der Waals surface area contributed by atoms with Crippen molar-refractivity contribution in [2.45, 2.75) is 33.3 Å². The highest BCUT2D eigenvalue weighted by Crippen LogP contribution is 2.13. The van der Waals surface area contributed by atoms with Crippen molar-refractivity contribution in [1.29, 1.82) is 0 Å². The summed E-state index contributed by atoms with van der Waals surface area (Å²) in [5, 5.41) is 3.74. The minimum atomic E-state index is -0.492. The van der Waals surface area contributed by atoms with Crippen LogP contribution >= 0.6 is 0 Å². The minimum Gasteiger partial charge on any atom is -0.457 e. The maximum absolute atomic E-state index is 11.7. The Labute approximate surface area is 120 Å². The van der Waals surface area contributed by atoms with Gasteiger partial charge in [0, 0.05) is 11.6 Å². The van der Waals surface area contributed by atoms with Gasteiger partial charge in [-0.1, -0.05) is 28.9 Å². The molecule has 0 radical (unpaired) electrons. The number of hydrogen-bond acceptors (Lipinski definition) is 4. The molecule has 0 aliphatic heterocycles. The fourth-order valence-electron chi connectivity index (χ4n) is 1.56. The lowest BCUT2D eigenvalue weighted by atomic mass is 10.0. The first kappa shape index (κ1) is 16.0. The second-order valence-electron chi connectivity index (χ2n) is 5.42. The van der Waals surface area contributed by atoms with E-state index in [2.05, 4.69) is 9.99 Å². The predicted octanol–water partition coefficient (Wildman–Crippen LogP) is 3.33. The van der Waals surface area contributed by atoms with Crippen LogP contribution in [0.3, 0.4) is 0 Å².